The van der Waals surface area contributed by atoms with Gasteiger partial charge in [-0.3, -0.25) is 0 Å². The minimum Gasteiger partial charge on any atom is -0.497 e. The van der Waals surface area contributed by atoms with E-state index in [0.29, 0.717) is 22.9 Å². The topological polar surface area (TPSA) is 72.6 Å². The first kappa shape index (κ1) is 21.9. The molecule has 0 fully saturated rings. The molecule has 1 aromatic heterocycles. The number of aromatic nitrogens is 1. The van der Waals surface area contributed by atoms with Crippen LogP contribution in [0.15, 0.2) is 93.2 Å². The zero-order valence-corrected chi connectivity index (χ0v) is 19.1. The van der Waals surface area contributed by atoms with Crippen molar-refractivity contribution in [3.05, 3.63) is 89.4 Å². The van der Waals surface area contributed by atoms with Crippen LogP contribution in [-0.4, -0.2) is 27.6 Å². The third kappa shape index (κ3) is 4.49. The van der Waals surface area contributed by atoms with E-state index < -0.39 is 9.84 Å². The number of benzene rings is 3. The Bertz CT molecular complexity index is 1300. The van der Waals surface area contributed by atoms with Crippen molar-refractivity contribution in [3.63, 3.8) is 0 Å². The first-order chi connectivity index (χ1) is 15.4. The van der Waals surface area contributed by atoms with Crippen molar-refractivity contribution in [3.8, 4) is 17.2 Å². The van der Waals surface area contributed by atoms with Gasteiger partial charge in [0.15, 0.2) is 0 Å². The van der Waals surface area contributed by atoms with E-state index in [9.17, 15) is 8.42 Å². The average Bonchev–Trinajstić information content (AvgIpc) is 3.27. The quantitative estimate of drug-likeness (QED) is 0.358. The van der Waals surface area contributed by atoms with Crippen molar-refractivity contribution in [2.45, 2.75) is 16.5 Å². The van der Waals surface area contributed by atoms with Crippen LogP contribution in [0, 0.1) is 0 Å². The van der Waals surface area contributed by atoms with Crippen LogP contribution < -0.4 is 9.64 Å². The third-order valence-corrected chi connectivity index (χ3v) is 6.82. The van der Waals surface area contributed by atoms with Crippen molar-refractivity contribution >= 4 is 27.3 Å². The molecule has 0 aliphatic heterocycles. The minimum absolute atomic E-state index is 0.0887. The molecule has 0 unspecified atom stereocenters. The van der Waals surface area contributed by atoms with Crippen LogP contribution in [0.5, 0.6) is 5.75 Å². The second-order valence-corrected chi connectivity index (χ2v) is 9.46. The molecule has 0 aliphatic rings. The number of ether oxygens (including phenoxy) is 1. The Morgan fingerprint density at radius 1 is 0.969 bits per heavy atom. The molecule has 0 spiro atoms. The van der Waals surface area contributed by atoms with E-state index in [1.54, 1.807) is 43.3 Å². The maximum absolute atomic E-state index is 13.5. The van der Waals surface area contributed by atoms with Crippen LogP contribution in [0.3, 0.4) is 0 Å². The van der Waals surface area contributed by atoms with E-state index in [1.165, 1.54) is 24.3 Å². The predicted octanol–water partition coefficient (Wildman–Crippen LogP) is 5.47. The molecule has 164 valence electrons. The van der Waals surface area contributed by atoms with Crippen LogP contribution >= 0.6 is 11.6 Å². The first-order valence-electron chi connectivity index (χ1n) is 9.79. The molecule has 0 radical (unpaired) electrons. The fourth-order valence-electron chi connectivity index (χ4n) is 3.23. The van der Waals surface area contributed by atoms with Gasteiger partial charge in [0.1, 0.15) is 5.75 Å². The molecule has 0 saturated carbocycles. The van der Waals surface area contributed by atoms with Crippen LogP contribution in [-0.2, 0) is 16.4 Å². The molecule has 4 aromatic rings. The second-order valence-electron chi connectivity index (χ2n) is 7.16. The van der Waals surface area contributed by atoms with Gasteiger partial charge < -0.3 is 14.1 Å². The third-order valence-electron chi connectivity index (χ3n) is 4.90. The van der Waals surface area contributed by atoms with Crippen molar-refractivity contribution in [2.75, 3.05) is 19.1 Å². The number of oxazole rings is 1. The van der Waals surface area contributed by atoms with Gasteiger partial charge in [-0.2, -0.15) is 4.98 Å². The van der Waals surface area contributed by atoms with Crippen molar-refractivity contribution in [1.82, 2.24) is 4.98 Å². The highest BCUT2D eigenvalue weighted by Crippen LogP contribution is 2.35. The van der Waals surface area contributed by atoms with Gasteiger partial charge in [0, 0.05) is 24.2 Å². The molecule has 0 aliphatic carbocycles. The largest absolute Gasteiger partial charge is 0.497 e. The van der Waals surface area contributed by atoms with E-state index in [1.807, 2.05) is 30.3 Å². The van der Waals surface area contributed by atoms with Gasteiger partial charge in [-0.1, -0.05) is 41.9 Å². The van der Waals surface area contributed by atoms with Crippen molar-refractivity contribution in [1.29, 1.82) is 0 Å². The molecule has 0 N–H and O–H groups in total. The highest BCUT2D eigenvalue weighted by atomic mass is 35.5. The normalized spacial score (nSPS) is 11.3. The van der Waals surface area contributed by atoms with Gasteiger partial charge in [0.2, 0.25) is 26.6 Å². The monoisotopic (exact) mass is 468 g/mol. The lowest BCUT2D eigenvalue weighted by Gasteiger charge is -2.17. The Balaban J connectivity index is 1.80. The van der Waals surface area contributed by atoms with Gasteiger partial charge in [0.05, 0.1) is 12.0 Å². The lowest BCUT2D eigenvalue weighted by molar-refractivity contribution is 0.415. The molecule has 1 heterocycles. The molecule has 4 rings (SSSR count). The highest BCUT2D eigenvalue weighted by Gasteiger charge is 2.30. The summed E-state index contributed by atoms with van der Waals surface area (Å²) in [4.78, 5) is 6.22. The molecule has 0 bridgehead atoms. The zero-order valence-electron chi connectivity index (χ0n) is 17.5. The standard InChI is InChI=1S/C24H21ClN2O4S/c1-27(16-17-6-4-3-5-7-17)24-23(32(28,29)21-14-10-19(25)11-15-21)26-22(31-24)18-8-12-20(30-2)13-9-18/h3-15H,16H2,1-2H3. The summed E-state index contributed by atoms with van der Waals surface area (Å²) in [5.41, 5.74) is 1.64. The predicted molar refractivity (Wildman–Crippen MR) is 124 cm³/mol. The Labute approximate surface area is 192 Å². The van der Waals surface area contributed by atoms with E-state index in [-0.39, 0.29) is 21.7 Å². The highest BCUT2D eigenvalue weighted by molar-refractivity contribution is 7.91. The zero-order chi connectivity index (χ0) is 22.7. The summed E-state index contributed by atoms with van der Waals surface area (Å²) in [5, 5.41) is 0.300. The molecule has 0 amide bonds. The Morgan fingerprint density at radius 3 is 2.25 bits per heavy atom. The maximum Gasteiger partial charge on any atom is 0.236 e. The van der Waals surface area contributed by atoms with Crippen LogP contribution in [0.2, 0.25) is 5.02 Å². The Hall–Kier alpha value is -3.29. The summed E-state index contributed by atoms with van der Waals surface area (Å²) in [6.07, 6.45) is 0. The summed E-state index contributed by atoms with van der Waals surface area (Å²) in [7, 11) is -0.607. The van der Waals surface area contributed by atoms with E-state index in [0.717, 1.165) is 5.56 Å². The number of anilines is 1. The number of rotatable bonds is 7. The number of hydrogen-bond donors (Lipinski definition) is 0. The molecule has 32 heavy (non-hydrogen) atoms. The van der Waals surface area contributed by atoms with E-state index in [2.05, 4.69) is 4.98 Å². The summed E-state index contributed by atoms with van der Waals surface area (Å²) >= 11 is 5.94. The van der Waals surface area contributed by atoms with Gasteiger partial charge in [-0.15, -0.1) is 0 Å². The fourth-order valence-corrected chi connectivity index (χ4v) is 4.70. The molecule has 3 aromatic carbocycles. The number of hydrogen-bond acceptors (Lipinski definition) is 6. The first-order valence-corrected chi connectivity index (χ1v) is 11.7. The number of sulfone groups is 1. The molecule has 0 atom stereocenters. The Morgan fingerprint density at radius 2 is 1.62 bits per heavy atom. The lowest BCUT2D eigenvalue weighted by Crippen LogP contribution is -2.18. The van der Waals surface area contributed by atoms with Crippen molar-refractivity contribution in [2.24, 2.45) is 0 Å². The van der Waals surface area contributed by atoms with Gasteiger partial charge >= 0.3 is 0 Å². The van der Waals surface area contributed by atoms with Crippen molar-refractivity contribution < 1.29 is 17.6 Å². The van der Waals surface area contributed by atoms with Gasteiger partial charge in [-0.25, -0.2) is 8.42 Å². The van der Waals surface area contributed by atoms with Crippen LogP contribution in [0.1, 0.15) is 5.56 Å². The van der Waals surface area contributed by atoms with E-state index in [4.69, 9.17) is 20.8 Å². The number of methoxy groups -OCH3 is 1. The number of halogens is 1. The second kappa shape index (κ2) is 9.06. The summed E-state index contributed by atoms with van der Waals surface area (Å²) in [6, 6.07) is 22.8. The molecule has 8 heteroatoms. The average molecular weight is 469 g/mol. The minimum atomic E-state index is -3.95. The maximum atomic E-state index is 13.5. The summed E-state index contributed by atoms with van der Waals surface area (Å²) < 4.78 is 38.1. The van der Waals surface area contributed by atoms with E-state index >= 15 is 0 Å². The number of nitrogens with zero attached hydrogens (tertiary/aromatic N) is 2. The smallest absolute Gasteiger partial charge is 0.236 e. The van der Waals surface area contributed by atoms with Gasteiger partial charge in [0.25, 0.3) is 0 Å². The molecular weight excluding hydrogens is 448 g/mol. The van der Waals surface area contributed by atoms with Crippen LogP contribution in [0.25, 0.3) is 11.5 Å². The molecule has 0 saturated heterocycles. The summed E-state index contributed by atoms with van der Waals surface area (Å²) in [6.45, 7) is 0.446. The van der Waals surface area contributed by atoms with Gasteiger partial charge in [-0.05, 0) is 54.1 Å². The molecule has 6 nitrogen and oxygen atoms in total. The Kier molecular flexibility index (Phi) is 6.21. The lowest BCUT2D eigenvalue weighted by atomic mass is 10.2. The molecular formula is C24H21ClN2O4S. The SMILES string of the molecule is COc1ccc(-c2nc(S(=O)(=O)c3ccc(Cl)cc3)c(N(C)Cc3ccccc3)o2)cc1. The summed E-state index contributed by atoms with van der Waals surface area (Å²) in [5.74, 6) is 1.04. The fraction of sp³-hybridized carbons (Fsp3) is 0.125. The van der Waals surface area contributed by atoms with Crippen LogP contribution in [0.4, 0.5) is 5.88 Å².